The third kappa shape index (κ3) is 5.42. The average molecular weight is 602 g/mol. The molecule has 1 aliphatic heterocycles. The van der Waals surface area contributed by atoms with Gasteiger partial charge in [0.1, 0.15) is 11.8 Å². The number of phenols is 1. The quantitative estimate of drug-likeness (QED) is 0.383. The molecule has 0 amide bonds. The normalized spacial score (nSPS) is 15.3. The summed E-state index contributed by atoms with van der Waals surface area (Å²) < 4.78 is 19.4. The predicted molar refractivity (Wildman–Crippen MR) is 150 cm³/mol. The lowest BCUT2D eigenvalue weighted by Crippen LogP contribution is -2.40. The van der Waals surface area contributed by atoms with E-state index in [1.807, 2.05) is 45.0 Å². The van der Waals surface area contributed by atoms with Crippen LogP contribution in [0.3, 0.4) is 0 Å². The minimum absolute atomic E-state index is 0.0121. The largest absolute Gasteiger partial charge is 0.503 e. The number of hydrogen-bond donors (Lipinski definition) is 1. The van der Waals surface area contributed by atoms with Crippen LogP contribution in [0.1, 0.15) is 51.8 Å². The van der Waals surface area contributed by atoms with Crippen molar-refractivity contribution in [3.8, 4) is 17.2 Å². The van der Waals surface area contributed by atoms with Gasteiger partial charge in [-0.1, -0.05) is 29.5 Å². The molecule has 0 bridgehead atoms. The fourth-order valence-electron chi connectivity index (χ4n) is 4.25. The van der Waals surface area contributed by atoms with Crippen LogP contribution in [-0.2, 0) is 9.53 Å². The molecular formula is C28H29BrN2O6S. The van der Waals surface area contributed by atoms with E-state index in [-0.39, 0.29) is 29.6 Å². The van der Waals surface area contributed by atoms with Gasteiger partial charge in [0, 0.05) is 5.56 Å². The molecule has 38 heavy (non-hydrogen) atoms. The number of benzene rings is 2. The highest BCUT2D eigenvalue weighted by Gasteiger charge is 2.35. The lowest BCUT2D eigenvalue weighted by molar-refractivity contribution is -0.139. The third-order valence-corrected chi connectivity index (χ3v) is 7.33. The van der Waals surface area contributed by atoms with Crippen LogP contribution >= 0.6 is 27.3 Å². The highest BCUT2D eigenvalue weighted by atomic mass is 79.9. The summed E-state index contributed by atoms with van der Waals surface area (Å²) in [6.45, 7) is 9.70. The van der Waals surface area contributed by atoms with E-state index in [9.17, 15) is 14.7 Å². The molecule has 1 atom stereocenters. The molecule has 4 rings (SSSR count). The zero-order chi connectivity index (χ0) is 27.6. The van der Waals surface area contributed by atoms with Crippen molar-refractivity contribution < 1.29 is 24.1 Å². The standard InChI is InChI=1S/C28H29BrN2O6S/c1-6-35-21-13-17(12-19(29)25(21)32)14-22-26(33)31-24(18-10-8-9-11-20(18)37-15(3)4)23(27(34)36-7-2)16(5)30-28(31)38-22/h8-15,24,32H,6-7H2,1-5H3/b22-14-/t24-/m0/s1. The first-order valence-electron chi connectivity index (χ1n) is 12.3. The van der Waals surface area contributed by atoms with Gasteiger partial charge in [-0.2, -0.15) is 0 Å². The van der Waals surface area contributed by atoms with E-state index in [1.165, 1.54) is 15.9 Å². The molecule has 2 heterocycles. The van der Waals surface area contributed by atoms with Gasteiger partial charge < -0.3 is 19.3 Å². The summed E-state index contributed by atoms with van der Waals surface area (Å²) in [5.74, 6) is 0.333. The number of esters is 1. The van der Waals surface area contributed by atoms with Crippen LogP contribution in [0, 0.1) is 0 Å². The predicted octanol–water partition coefficient (Wildman–Crippen LogP) is 4.45. The third-order valence-electron chi connectivity index (χ3n) is 5.74. The average Bonchev–Trinajstić information content (AvgIpc) is 3.16. The molecule has 0 spiro atoms. The summed E-state index contributed by atoms with van der Waals surface area (Å²) in [5.41, 5.74) is 1.78. The maximum atomic E-state index is 13.9. The number of phenolic OH excluding ortho intramolecular Hbond substituents is 1. The number of carbonyl (C=O) groups excluding carboxylic acids is 1. The van der Waals surface area contributed by atoms with Crippen molar-refractivity contribution in [2.45, 2.75) is 46.8 Å². The molecule has 8 nitrogen and oxygen atoms in total. The molecule has 3 aromatic rings. The fraction of sp³-hybridized carbons (Fsp3) is 0.321. The molecule has 1 aromatic heterocycles. The van der Waals surface area contributed by atoms with Crippen molar-refractivity contribution in [3.63, 3.8) is 0 Å². The molecule has 0 saturated heterocycles. The van der Waals surface area contributed by atoms with Gasteiger partial charge in [-0.15, -0.1) is 0 Å². The molecule has 0 radical (unpaired) electrons. The molecule has 0 saturated carbocycles. The number of allylic oxidation sites excluding steroid dienone is 1. The molecule has 10 heteroatoms. The van der Waals surface area contributed by atoms with E-state index in [1.54, 1.807) is 32.1 Å². The number of aromatic nitrogens is 1. The van der Waals surface area contributed by atoms with Crippen LogP contribution in [0.4, 0.5) is 0 Å². The number of hydrogen-bond acceptors (Lipinski definition) is 8. The minimum atomic E-state index is -0.784. The number of fused-ring (bicyclic) bond motifs is 1. The van der Waals surface area contributed by atoms with Crippen LogP contribution < -0.4 is 24.4 Å². The minimum Gasteiger partial charge on any atom is -0.503 e. The second-order valence-electron chi connectivity index (χ2n) is 8.79. The van der Waals surface area contributed by atoms with Crippen molar-refractivity contribution in [1.82, 2.24) is 4.57 Å². The second kappa shape index (κ2) is 11.6. The molecule has 0 unspecified atom stereocenters. The number of rotatable bonds is 8. The zero-order valence-electron chi connectivity index (χ0n) is 21.8. The van der Waals surface area contributed by atoms with Crippen molar-refractivity contribution in [2.24, 2.45) is 4.99 Å². The van der Waals surface area contributed by atoms with Crippen molar-refractivity contribution in [1.29, 1.82) is 0 Å². The van der Waals surface area contributed by atoms with Crippen LogP contribution in [0.2, 0.25) is 0 Å². The summed E-state index contributed by atoms with van der Waals surface area (Å²) in [6.07, 6.45) is 1.60. The first kappa shape index (κ1) is 27.7. The monoisotopic (exact) mass is 600 g/mol. The maximum Gasteiger partial charge on any atom is 0.338 e. The van der Waals surface area contributed by atoms with Gasteiger partial charge in [-0.25, -0.2) is 9.79 Å². The van der Waals surface area contributed by atoms with Gasteiger partial charge in [-0.05, 0) is 80.4 Å². The summed E-state index contributed by atoms with van der Waals surface area (Å²) in [6, 6.07) is 9.96. The lowest BCUT2D eigenvalue weighted by atomic mass is 9.95. The van der Waals surface area contributed by atoms with E-state index in [0.29, 0.717) is 48.7 Å². The Morgan fingerprint density at radius 3 is 2.63 bits per heavy atom. The smallest absolute Gasteiger partial charge is 0.338 e. The number of carbonyl (C=O) groups is 1. The fourth-order valence-corrected chi connectivity index (χ4v) is 5.75. The van der Waals surface area contributed by atoms with Crippen LogP contribution in [0.15, 0.2) is 61.9 Å². The number of nitrogens with zero attached hydrogens (tertiary/aromatic N) is 2. The Morgan fingerprint density at radius 1 is 1.21 bits per heavy atom. The van der Waals surface area contributed by atoms with Gasteiger partial charge in [-0.3, -0.25) is 9.36 Å². The Balaban J connectivity index is 1.97. The SMILES string of the molecule is CCOC(=O)C1=C(C)N=c2s/c(=C\c3cc(Br)c(O)c(OCC)c3)c(=O)n2[C@H]1c1ccccc1OC(C)C. The van der Waals surface area contributed by atoms with Gasteiger partial charge >= 0.3 is 5.97 Å². The molecule has 0 aliphatic carbocycles. The first-order valence-corrected chi connectivity index (χ1v) is 13.9. The van der Waals surface area contributed by atoms with Gasteiger partial charge in [0.05, 0.1) is 39.6 Å². The number of halogens is 1. The number of thiazole rings is 1. The Labute approximate surface area is 232 Å². The Kier molecular flexibility index (Phi) is 8.42. The number of ether oxygens (including phenoxy) is 3. The molecule has 0 fully saturated rings. The van der Waals surface area contributed by atoms with E-state index in [4.69, 9.17) is 14.2 Å². The van der Waals surface area contributed by atoms with E-state index >= 15 is 0 Å². The van der Waals surface area contributed by atoms with E-state index in [2.05, 4.69) is 20.9 Å². The molecule has 1 aliphatic rings. The van der Waals surface area contributed by atoms with Gasteiger partial charge in [0.2, 0.25) is 0 Å². The molecule has 200 valence electrons. The highest BCUT2D eigenvalue weighted by molar-refractivity contribution is 9.10. The first-order chi connectivity index (χ1) is 18.2. The van der Waals surface area contributed by atoms with Crippen LogP contribution in [0.25, 0.3) is 6.08 Å². The summed E-state index contributed by atoms with van der Waals surface area (Å²) in [4.78, 5) is 32.2. The highest BCUT2D eigenvalue weighted by Crippen LogP contribution is 2.37. The summed E-state index contributed by atoms with van der Waals surface area (Å²) in [7, 11) is 0. The zero-order valence-corrected chi connectivity index (χ0v) is 24.2. The summed E-state index contributed by atoms with van der Waals surface area (Å²) in [5, 5.41) is 10.3. The molecular weight excluding hydrogens is 572 g/mol. The van der Waals surface area contributed by atoms with Crippen LogP contribution in [-0.4, -0.2) is 35.0 Å². The summed E-state index contributed by atoms with van der Waals surface area (Å²) >= 11 is 4.57. The maximum absolute atomic E-state index is 13.9. The van der Waals surface area contributed by atoms with Crippen molar-refractivity contribution >= 4 is 39.3 Å². The topological polar surface area (TPSA) is 99.4 Å². The van der Waals surface area contributed by atoms with Crippen molar-refractivity contribution in [3.05, 3.63) is 83.0 Å². The molecule has 1 N–H and O–H groups in total. The second-order valence-corrected chi connectivity index (χ2v) is 10.7. The molecule has 2 aromatic carbocycles. The number of aromatic hydroxyl groups is 1. The Morgan fingerprint density at radius 2 is 1.95 bits per heavy atom. The van der Waals surface area contributed by atoms with Gasteiger partial charge in [0.15, 0.2) is 16.3 Å². The number of para-hydroxylation sites is 1. The Bertz CT molecular complexity index is 1590. The van der Waals surface area contributed by atoms with E-state index in [0.717, 1.165) is 0 Å². The van der Waals surface area contributed by atoms with E-state index < -0.39 is 12.0 Å². The van der Waals surface area contributed by atoms with Crippen molar-refractivity contribution in [2.75, 3.05) is 13.2 Å². The lowest BCUT2D eigenvalue weighted by Gasteiger charge is -2.26. The van der Waals surface area contributed by atoms with Gasteiger partial charge in [0.25, 0.3) is 5.56 Å². The van der Waals surface area contributed by atoms with Crippen LogP contribution in [0.5, 0.6) is 17.2 Å². The Hall–Kier alpha value is -3.37.